The van der Waals surface area contributed by atoms with Gasteiger partial charge >= 0.3 is 0 Å². The highest BCUT2D eigenvalue weighted by atomic mass is 16.5. The fraction of sp³-hybridized carbons (Fsp3) is 0.333. The van der Waals surface area contributed by atoms with Gasteiger partial charge in [-0.3, -0.25) is 9.78 Å². The van der Waals surface area contributed by atoms with Gasteiger partial charge in [0.1, 0.15) is 11.5 Å². The van der Waals surface area contributed by atoms with Crippen molar-refractivity contribution in [3.63, 3.8) is 0 Å². The number of rotatable bonds is 6. The van der Waals surface area contributed by atoms with Gasteiger partial charge in [-0.25, -0.2) is 0 Å². The number of nitrogens with zero attached hydrogens (tertiary/aromatic N) is 2. The van der Waals surface area contributed by atoms with Gasteiger partial charge in [-0.2, -0.15) is 0 Å². The first kappa shape index (κ1) is 15.3. The second kappa shape index (κ2) is 6.69. The molecule has 5 nitrogen and oxygen atoms in total. The van der Waals surface area contributed by atoms with Crippen LogP contribution in [0.15, 0.2) is 42.7 Å². The van der Waals surface area contributed by atoms with Crippen LogP contribution in [-0.2, 0) is 6.54 Å². The number of hydrogen-bond acceptors (Lipinski definition) is 4. The number of carbonyl (C=O) groups excluding carboxylic acids is 1. The minimum Gasteiger partial charge on any atom is -0.497 e. The second-order valence-electron chi connectivity index (χ2n) is 5.59. The lowest BCUT2D eigenvalue weighted by atomic mass is 10.1. The Hall–Kier alpha value is -2.56. The fourth-order valence-electron chi connectivity index (χ4n) is 2.57. The number of ether oxygens (including phenoxy) is 2. The van der Waals surface area contributed by atoms with Gasteiger partial charge in [0.2, 0.25) is 0 Å². The van der Waals surface area contributed by atoms with E-state index in [2.05, 4.69) is 4.98 Å². The molecule has 0 aliphatic heterocycles. The molecule has 1 aromatic heterocycles. The van der Waals surface area contributed by atoms with Gasteiger partial charge in [-0.15, -0.1) is 0 Å². The van der Waals surface area contributed by atoms with E-state index in [1.807, 2.05) is 17.0 Å². The second-order valence-corrected chi connectivity index (χ2v) is 5.59. The average Bonchev–Trinajstić information content (AvgIpc) is 3.44. The third kappa shape index (κ3) is 3.44. The molecule has 5 heteroatoms. The Balaban J connectivity index is 1.89. The first-order valence-electron chi connectivity index (χ1n) is 7.65. The zero-order valence-corrected chi connectivity index (χ0v) is 13.4. The van der Waals surface area contributed by atoms with Gasteiger partial charge in [-0.1, -0.05) is 0 Å². The minimum absolute atomic E-state index is 0.0277. The maximum absolute atomic E-state index is 13.1. The molecule has 1 aliphatic rings. The Morgan fingerprint density at radius 3 is 2.52 bits per heavy atom. The quantitative estimate of drug-likeness (QED) is 0.823. The maximum Gasteiger partial charge on any atom is 0.258 e. The van der Waals surface area contributed by atoms with Crippen LogP contribution < -0.4 is 9.47 Å². The van der Waals surface area contributed by atoms with Crippen LogP contribution in [0.2, 0.25) is 0 Å². The number of benzene rings is 1. The normalized spacial score (nSPS) is 13.5. The molecule has 0 atom stereocenters. The molecule has 1 saturated carbocycles. The lowest BCUT2D eigenvalue weighted by molar-refractivity contribution is 0.0726. The van der Waals surface area contributed by atoms with Crippen LogP contribution >= 0.6 is 0 Å². The highest BCUT2D eigenvalue weighted by Crippen LogP contribution is 2.33. The molecule has 0 N–H and O–H groups in total. The van der Waals surface area contributed by atoms with Gasteiger partial charge in [-0.05, 0) is 48.7 Å². The predicted molar refractivity (Wildman–Crippen MR) is 86.7 cm³/mol. The molecule has 0 unspecified atom stereocenters. The van der Waals surface area contributed by atoms with Gasteiger partial charge in [0, 0.05) is 25.0 Å². The average molecular weight is 312 g/mol. The molecule has 1 aliphatic carbocycles. The summed E-state index contributed by atoms with van der Waals surface area (Å²) in [5.41, 5.74) is 1.61. The summed E-state index contributed by atoms with van der Waals surface area (Å²) in [5, 5.41) is 0. The number of amides is 1. The molecule has 1 fully saturated rings. The summed E-state index contributed by atoms with van der Waals surface area (Å²) in [5.74, 6) is 1.19. The molecule has 1 aromatic carbocycles. The SMILES string of the molecule is COc1ccc(OC)c(C(=O)N(Cc2ccncc2)C2CC2)c1. The first-order chi connectivity index (χ1) is 11.2. The Bertz CT molecular complexity index is 684. The Morgan fingerprint density at radius 2 is 1.91 bits per heavy atom. The van der Waals surface area contributed by atoms with Crippen LogP contribution in [0.25, 0.3) is 0 Å². The molecule has 120 valence electrons. The van der Waals surface area contributed by atoms with Crippen molar-refractivity contribution in [1.82, 2.24) is 9.88 Å². The number of methoxy groups -OCH3 is 2. The molecule has 1 heterocycles. The summed E-state index contributed by atoms with van der Waals surface area (Å²) in [6.45, 7) is 0.576. The highest BCUT2D eigenvalue weighted by Gasteiger charge is 2.34. The zero-order valence-electron chi connectivity index (χ0n) is 13.4. The van der Waals surface area contributed by atoms with Crippen LogP contribution in [0.4, 0.5) is 0 Å². The molecular weight excluding hydrogens is 292 g/mol. The zero-order chi connectivity index (χ0) is 16.2. The van der Waals surface area contributed by atoms with E-state index in [1.54, 1.807) is 44.8 Å². The van der Waals surface area contributed by atoms with Crippen molar-refractivity contribution >= 4 is 5.91 Å². The van der Waals surface area contributed by atoms with E-state index in [9.17, 15) is 4.79 Å². The summed E-state index contributed by atoms with van der Waals surface area (Å²) < 4.78 is 10.6. The third-order valence-corrected chi connectivity index (χ3v) is 3.99. The Morgan fingerprint density at radius 1 is 1.17 bits per heavy atom. The van der Waals surface area contributed by atoms with Crippen molar-refractivity contribution in [2.75, 3.05) is 14.2 Å². The van der Waals surface area contributed by atoms with E-state index in [4.69, 9.17) is 9.47 Å². The van der Waals surface area contributed by atoms with Gasteiger partial charge < -0.3 is 14.4 Å². The van der Waals surface area contributed by atoms with E-state index < -0.39 is 0 Å². The van der Waals surface area contributed by atoms with Crippen LogP contribution in [-0.4, -0.2) is 36.1 Å². The lowest BCUT2D eigenvalue weighted by Gasteiger charge is -2.23. The van der Waals surface area contributed by atoms with Crippen LogP contribution in [0.3, 0.4) is 0 Å². The Kier molecular flexibility index (Phi) is 4.46. The summed E-state index contributed by atoms with van der Waals surface area (Å²) in [4.78, 5) is 19.0. The van der Waals surface area contributed by atoms with Crippen LogP contribution in [0.5, 0.6) is 11.5 Å². The van der Waals surface area contributed by atoms with Gasteiger partial charge in [0.25, 0.3) is 5.91 Å². The minimum atomic E-state index is -0.0277. The molecule has 0 bridgehead atoms. The van der Waals surface area contributed by atoms with E-state index in [0.29, 0.717) is 29.6 Å². The summed E-state index contributed by atoms with van der Waals surface area (Å²) in [6.07, 6.45) is 5.58. The monoisotopic (exact) mass is 312 g/mol. The number of hydrogen-bond donors (Lipinski definition) is 0. The molecule has 1 amide bonds. The summed E-state index contributed by atoms with van der Waals surface area (Å²) in [6, 6.07) is 9.47. The van der Waals surface area contributed by atoms with E-state index in [-0.39, 0.29) is 5.91 Å². The van der Waals surface area contributed by atoms with Gasteiger partial charge in [0.05, 0.1) is 19.8 Å². The van der Waals surface area contributed by atoms with Crippen LogP contribution in [0, 0.1) is 0 Å². The molecule has 3 rings (SSSR count). The smallest absolute Gasteiger partial charge is 0.258 e. The molecule has 0 saturated heterocycles. The van der Waals surface area contributed by atoms with Crippen molar-refractivity contribution in [2.45, 2.75) is 25.4 Å². The first-order valence-corrected chi connectivity index (χ1v) is 7.65. The van der Waals surface area contributed by atoms with E-state index >= 15 is 0 Å². The number of pyridine rings is 1. The number of carbonyl (C=O) groups is 1. The van der Waals surface area contributed by atoms with Crippen molar-refractivity contribution in [1.29, 1.82) is 0 Å². The van der Waals surface area contributed by atoms with E-state index in [0.717, 1.165) is 18.4 Å². The maximum atomic E-state index is 13.1. The summed E-state index contributed by atoms with van der Waals surface area (Å²) in [7, 11) is 3.16. The van der Waals surface area contributed by atoms with Crippen molar-refractivity contribution in [3.8, 4) is 11.5 Å². The van der Waals surface area contributed by atoms with Crippen molar-refractivity contribution in [3.05, 3.63) is 53.9 Å². The van der Waals surface area contributed by atoms with Gasteiger partial charge in [0.15, 0.2) is 0 Å². The Labute approximate surface area is 135 Å². The predicted octanol–water partition coefficient (Wildman–Crippen LogP) is 2.90. The molecule has 0 spiro atoms. The third-order valence-electron chi connectivity index (χ3n) is 3.99. The highest BCUT2D eigenvalue weighted by molar-refractivity contribution is 5.97. The molecule has 2 aromatic rings. The van der Waals surface area contributed by atoms with E-state index in [1.165, 1.54) is 0 Å². The number of aromatic nitrogens is 1. The molecular formula is C18H20N2O3. The molecule has 0 radical (unpaired) electrons. The van der Waals surface area contributed by atoms with Crippen LogP contribution in [0.1, 0.15) is 28.8 Å². The molecule has 23 heavy (non-hydrogen) atoms. The lowest BCUT2D eigenvalue weighted by Crippen LogP contribution is -2.32. The van der Waals surface area contributed by atoms with Crippen molar-refractivity contribution in [2.24, 2.45) is 0 Å². The topological polar surface area (TPSA) is 51.7 Å². The summed E-state index contributed by atoms with van der Waals surface area (Å²) >= 11 is 0. The van der Waals surface area contributed by atoms with Crippen molar-refractivity contribution < 1.29 is 14.3 Å². The fourth-order valence-corrected chi connectivity index (χ4v) is 2.57. The standard InChI is InChI=1S/C18H20N2O3/c1-22-15-5-6-17(23-2)16(11-15)18(21)20(14-3-4-14)12-13-7-9-19-10-8-13/h5-11,14H,3-4,12H2,1-2H3. The largest absolute Gasteiger partial charge is 0.497 e.